The van der Waals surface area contributed by atoms with Crippen LogP contribution in [0.15, 0.2) is 18.2 Å². The minimum Gasteiger partial charge on any atom is -0.506 e. The molecule has 0 radical (unpaired) electrons. The molecule has 1 amide bonds. The Morgan fingerprint density at radius 2 is 2.05 bits per heavy atom. The van der Waals surface area contributed by atoms with Crippen LogP contribution in [-0.4, -0.2) is 17.6 Å². The topological polar surface area (TPSA) is 75.4 Å². The fraction of sp³-hybridized carbons (Fsp3) is 0.533. The van der Waals surface area contributed by atoms with Crippen molar-refractivity contribution in [1.82, 2.24) is 5.32 Å². The van der Waals surface area contributed by atoms with Crippen LogP contribution in [0.4, 0.5) is 5.69 Å². The van der Waals surface area contributed by atoms with Gasteiger partial charge in [-0.05, 0) is 30.5 Å². The van der Waals surface area contributed by atoms with Gasteiger partial charge in [-0.15, -0.1) is 0 Å². The summed E-state index contributed by atoms with van der Waals surface area (Å²) in [6, 6.07) is 4.54. The van der Waals surface area contributed by atoms with E-state index >= 15 is 0 Å². The molecule has 1 aliphatic rings. The Hall–Kier alpha value is -1.71. The zero-order chi connectivity index (χ0) is 13.7. The van der Waals surface area contributed by atoms with Crippen molar-refractivity contribution in [2.75, 3.05) is 12.3 Å². The smallest absolute Gasteiger partial charge is 0.251 e. The molecule has 1 aromatic rings. The van der Waals surface area contributed by atoms with E-state index in [9.17, 15) is 9.90 Å². The molecular weight excluding hydrogens is 240 g/mol. The molecule has 0 unspecified atom stereocenters. The van der Waals surface area contributed by atoms with Crippen molar-refractivity contribution in [3.8, 4) is 5.75 Å². The highest BCUT2D eigenvalue weighted by molar-refractivity contribution is 5.95. The van der Waals surface area contributed by atoms with Gasteiger partial charge in [-0.25, -0.2) is 0 Å². The standard InChI is InChI=1S/C15H22N2O2/c16-13-10-12(6-7-14(13)18)15(19)17-9-8-11-4-2-1-3-5-11/h6-7,10-11,18H,1-5,8-9,16H2,(H,17,19). The molecule has 1 fully saturated rings. The first-order valence-corrected chi connectivity index (χ1v) is 7.03. The monoisotopic (exact) mass is 262 g/mol. The molecule has 104 valence electrons. The van der Waals surface area contributed by atoms with Crippen LogP contribution in [0, 0.1) is 5.92 Å². The lowest BCUT2D eigenvalue weighted by Gasteiger charge is -2.21. The molecule has 4 nitrogen and oxygen atoms in total. The number of benzene rings is 1. The number of nitrogens with one attached hydrogen (secondary N) is 1. The first kappa shape index (κ1) is 13.7. The van der Waals surface area contributed by atoms with Gasteiger partial charge in [0.05, 0.1) is 5.69 Å². The second kappa shape index (κ2) is 6.45. The third-order valence-electron chi connectivity index (χ3n) is 3.85. The van der Waals surface area contributed by atoms with Gasteiger partial charge in [0.15, 0.2) is 0 Å². The second-order valence-corrected chi connectivity index (χ2v) is 5.32. The van der Waals surface area contributed by atoms with E-state index in [0.717, 1.165) is 12.3 Å². The third kappa shape index (κ3) is 3.88. The van der Waals surface area contributed by atoms with E-state index in [0.29, 0.717) is 12.1 Å². The summed E-state index contributed by atoms with van der Waals surface area (Å²) < 4.78 is 0. The summed E-state index contributed by atoms with van der Waals surface area (Å²) in [5.41, 5.74) is 6.31. The van der Waals surface area contributed by atoms with Gasteiger partial charge in [0, 0.05) is 12.1 Å². The zero-order valence-corrected chi connectivity index (χ0v) is 11.2. The largest absolute Gasteiger partial charge is 0.506 e. The Bertz CT molecular complexity index is 440. The van der Waals surface area contributed by atoms with Crippen molar-refractivity contribution < 1.29 is 9.90 Å². The van der Waals surface area contributed by atoms with Crippen LogP contribution in [0.25, 0.3) is 0 Å². The van der Waals surface area contributed by atoms with Crippen molar-refractivity contribution in [3.63, 3.8) is 0 Å². The molecular formula is C15H22N2O2. The molecule has 0 heterocycles. The van der Waals surface area contributed by atoms with E-state index in [1.165, 1.54) is 44.2 Å². The van der Waals surface area contributed by atoms with Gasteiger partial charge >= 0.3 is 0 Å². The van der Waals surface area contributed by atoms with Crippen LogP contribution in [0.5, 0.6) is 5.75 Å². The molecule has 0 spiro atoms. The maximum absolute atomic E-state index is 11.9. The summed E-state index contributed by atoms with van der Waals surface area (Å²) in [4.78, 5) is 11.9. The number of nitrogen functional groups attached to an aromatic ring is 1. The lowest BCUT2D eigenvalue weighted by molar-refractivity contribution is 0.0950. The lowest BCUT2D eigenvalue weighted by Crippen LogP contribution is -2.26. The number of anilines is 1. The molecule has 1 saturated carbocycles. The summed E-state index contributed by atoms with van der Waals surface area (Å²) >= 11 is 0. The maximum atomic E-state index is 11.9. The van der Waals surface area contributed by atoms with Gasteiger partial charge in [0.1, 0.15) is 5.75 Å². The van der Waals surface area contributed by atoms with E-state index in [1.807, 2.05) is 0 Å². The summed E-state index contributed by atoms with van der Waals surface area (Å²) in [6.07, 6.45) is 7.65. The van der Waals surface area contributed by atoms with Gasteiger partial charge in [-0.1, -0.05) is 32.1 Å². The second-order valence-electron chi connectivity index (χ2n) is 5.32. The predicted octanol–water partition coefficient (Wildman–Crippen LogP) is 2.67. The lowest BCUT2D eigenvalue weighted by atomic mass is 9.87. The molecule has 0 atom stereocenters. The maximum Gasteiger partial charge on any atom is 0.251 e. The van der Waals surface area contributed by atoms with Crippen molar-refractivity contribution in [3.05, 3.63) is 23.8 Å². The normalized spacial score (nSPS) is 16.2. The van der Waals surface area contributed by atoms with E-state index < -0.39 is 0 Å². The van der Waals surface area contributed by atoms with E-state index in [2.05, 4.69) is 5.32 Å². The molecule has 0 bridgehead atoms. The number of phenolic OH excluding ortho intramolecular Hbond substituents is 1. The number of aromatic hydroxyl groups is 1. The van der Waals surface area contributed by atoms with Gasteiger partial charge in [-0.3, -0.25) is 4.79 Å². The minimum absolute atomic E-state index is 0.0127. The Kier molecular flexibility index (Phi) is 4.66. The summed E-state index contributed by atoms with van der Waals surface area (Å²) in [6.45, 7) is 0.713. The van der Waals surface area contributed by atoms with Crippen LogP contribution < -0.4 is 11.1 Å². The van der Waals surface area contributed by atoms with Crippen molar-refractivity contribution in [2.45, 2.75) is 38.5 Å². The fourth-order valence-corrected chi connectivity index (χ4v) is 2.66. The van der Waals surface area contributed by atoms with E-state index in [4.69, 9.17) is 5.73 Å². The van der Waals surface area contributed by atoms with Crippen LogP contribution in [0.2, 0.25) is 0 Å². The molecule has 4 heteroatoms. The highest BCUT2D eigenvalue weighted by atomic mass is 16.3. The number of carbonyl (C=O) groups excluding carboxylic acids is 1. The number of phenols is 1. The zero-order valence-electron chi connectivity index (χ0n) is 11.2. The average molecular weight is 262 g/mol. The first-order chi connectivity index (χ1) is 9.16. The number of hydrogen-bond donors (Lipinski definition) is 3. The van der Waals surface area contributed by atoms with Crippen LogP contribution in [0.1, 0.15) is 48.9 Å². The number of nitrogens with two attached hydrogens (primary N) is 1. The van der Waals surface area contributed by atoms with Crippen LogP contribution in [-0.2, 0) is 0 Å². The molecule has 4 N–H and O–H groups in total. The molecule has 2 rings (SSSR count). The molecule has 0 saturated heterocycles. The number of amides is 1. The molecule has 1 aliphatic carbocycles. The number of carbonyl (C=O) groups is 1. The Morgan fingerprint density at radius 1 is 1.32 bits per heavy atom. The van der Waals surface area contributed by atoms with Gasteiger partial charge in [0.25, 0.3) is 5.91 Å². The Labute approximate surface area is 114 Å². The Balaban J connectivity index is 1.78. The summed E-state index contributed by atoms with van der Waals surface area (Å²) in [7, 11) is 0. The summed E-state index contributed by atoms with van der Waals surface area (Å²) in [5, 5.41) is 12.2. The summed E-state index contributed by atoms with van der Waals surface area (Å²) in [5.74, 6) is 0.653. The molecule has 0 aliphatic heterocycles. The highest BCUT2D eigenvalue weighted by Crippen LogP contribution is 2.25. The van der Waals surface area contributed by atoms with Gasteiger partial charge in [-0.2, -0.15) is 0 Å². The van der Waals surface area contributed by atoms with E-state index in [-0.39, 0.29) is 17.3 Å². The molecule has 19 heavy (non-hydrogen) atoms. The van der Waals surface area contributed by atoms with Crippen molar-refractivity contribution >= 4 is 11.6 Å². The van der Waals surface area contributed by atoms with Gasteiger partial charge in [0.2, 0.25) is 0 Å². The molecule has 1 aromatic carbocycles. The number of rotatable bonds is 4. The fourth-order valence-electron chi connectivity index (χ4n) is 2.66. The average Bonchev–Trinajstić information content (AvgIpc) is 2.43. The van der Waals surface area contributed by atoms with Crippen LogP contribution >= 0.6 is 0 Å². The highest BCUT2D eigenvalue weighted by Gasteiger charge is 2.14. The minimum atomic E-state index is -0.123. The SMILES string of the molecule is Nc1cc(C(=O)NCCC2CCCCC2)ccc1O. The van der Waals surface area contributed by atoms with E-state index in [1.54, 1.807) is 6.07 Å². The number of hydrogen-bond acceptors (Lipinski definition) is 3. The first-order valence-electron chi connectivity index (χ1n) is 7.03. The molecule has 0 aromatic heterocycles. The predicted molar refractivity (Wildman–Crippen MR) is 76.0 cm³/mol. The quantitative estimate of drug-likeness (QED) is 0.577. The van der Waals surface area contributed by atoms with Gasteiger partial charge < -0.3 is 16.2 Å². The van der Waals surface area contributed by atoms with Crippen LogP contribution in [0.3, 0.4) is 0 Å². The van der Waals surface area contributed by atoms with Crippen molar-refractivity contribution in [2.24, 2.45) is 5.92 Å². The third-order valence-corrected chi connectivity index (χ3v) is 3.85. The Morgan fingerprint density at radius 3 is 2.74 bits per heavy atom. The van der Waals surface area contributed by atoms with Crippen molar-refractivity contribution in [1.29, 1.82) is 0 Å².